The number of aromatic amines is 1. The van der Waals surface area contributed by atoms with E-state index in [9.17, 15) is 14.4 Å². The van der Waals surface area contributed by atoms with Crippen LogP contribution in [0.3, 0.4) is 0 Å². The van der Waals surface area contributed by atoms with Crippen molar-refractivity contribution in [2.24, 2.45) is 0 Å². The number of carboxylic acids is 1. The van der Waals surface area contributed by atoms with Crippen LogP contribution >= 0.6 is 11.6 Å². The Kier molecular flexibility index (Phi) is 3.81. The summed E-state index contributed by atoms with van der Waals surface area (Å²) in [6.45, 7) is 0. The number of amides is 1. The Labute approximate surface area is 117 Å². The highest BCUT2D eigenvalue weighted by Gasteiger charge is 2.17. The molecule has 7 nitrogen and oxygen atoms in total. The normalized spacial score (nSPS) is 10.1. The first kappa shape index (κ1) is 13.8. The van der Waals surface area contributed by atoms with E-state index in [-0.39, 0.29) is 22.0 Å². The van der Waals surface area contributed by atoms with Crippen LogP contribution in [0.15, 0.2) is 35.1 Å². The van der Waals surface area contributed by atoms with Gasteiger partial charge in [-0.1, -0.05) is 17.7 Å². The molecular weight excluding hydrogens is 286 g/mol. The number of nitrogens with one attached hydrogen (secondary N) is 2. The second kappa shape index (κ2) is 5.54. The number of halogens is 1. The van der Waals surface area contributed by atoms with Crippen molar-refractivity contribution in [3.05, 3.63) is 57.0 Å². The zero-order chi connectivity index (χ0) is 14.7. The minimum atomic E-state index is -1.26. The van der Waals surface area contributed by atoms with E-state index in [0.717, 1.165) is 6.07 Å². The molecule has 8 heteroatoms. The lowest BCUT2D eigenvalue weighted by Crippen LogP contribution is -2.19. The largest absolute Gasteiger partial charge is 0.478 e. The SMILES string of the molecule is O=C(Nc1cccc(Cl)c1C(=O)O)c1ccc(=O)[nH]n1. The van der Waals surface area contributed by atoms with E-state index in [1.54, 1.807) is 0 Å². The molecule has 102 valence electrons. The average molecular weight is 294 g/mol. The molecule has 0 fully saturated rings. The zero-order valence-corrected chi connectivity index (χ0v) is 10.6. The van der Waals surface area contributed by atoms with Crippen molar-refractivity contribution in [3.8, 4) is 0 Å². The molecule has 0 saturated carbocycles. The lowest BCUT2D eigenvalue weighted by Gasteiger charge is -2.08. The van der Waals surface area contributed by atoms with Crippen molar-refractivity contribution in [2.75, 3.05) is 5.32 Å². The Morgan fingerprint density at radius 2 is 2.00 bits per heavy atom. The minimum Gasteiger partial charge on any atom is -0.478 e. The number of aromatic nitrogens is 2. The number of carbonyl (C=O) groups excluding carboxylic acids is 1. The van der Waals surface area contributed by atoms with Gasteiger partial charge in [0.05, 0.1) is 10.7 Å². The van der Waals surface area contributed by atoms with Gasteiger partial charge in [-0.25, -0.2) is 9.89 Å². The summed E-state index contributed by atoms with van der Waals surface area (Å²) in [6, 6.07) is 6.67. The van der Waals surface area contributed by atoms with Crippen LogP contribution in [0.25, 0.3) is 0 Å². The summed E-state index contributed by atoms with van der Waals surface area (Å²) in [7, 11) is 0. The summed E-state index contributed by atoms with van der Waals surface area (Å²) in [4.78, 5) is 33.8. The smallest absolute Gasteiger partial charge is 0.339 e. The molecule has 0 aliphatic heterocycles. The standard InChI is InChI=1S/C12H8ClN3O4/c13-6-2-1-3-7(10(6)12(19)20)14-11(18)8-4-5-9(17)16-15-8/h1-5H,(H,14,18)(H,16,17)(H,19,20). The molecule has 0 bridgehead atoms. The first-order valence-electron chi connectivity index (χ1n) is 5.38. The van der Waals surface area contributed by atoms with E-state index in [2.05, 4.69) is 15.5 Å². The van der Waals surface area contributed by atoms with Crippen LogP contribution in [0.1, 0.15) is 20.8 Å². The second-order valence-corrected chi connectivity index (χ2v) is 4.14. The molecule has 0 aliphatic rings. The number of rotatable bonds is 3. The van der Waals surface area contributed by atoms with Gasteiger partial charge in [0.2, 0.25) is 0 Å². The molecular formula is C12H8ClN3O4. The molecule has 0 saturated heterocycles. The van der Waals surface area contributed by atoms with Crippen molar-refractivity contribution >= 4 is 29.2 Å². The highest BCUT2D eigenvalue weighted by Crippen LogP contribution is 2.24. The van der Waals surface area contributed by atoms with Crippen LogP contribution < -0.4 is 10.9 Å². The molecule has 1 aromatic heterocycles. The second-order valence-electron chi connectivity index (χ2n) is 3.73. The van der Waals surface area contributed by atoms with Crippen LogP contribution in [-0.4, -0.2) is 27.2 Å². The van der Waals surface area contributed by atoms with Crippen LogP contribution in [0, 0.1) is 0 Å². The summed E-state index contributed by atoms with van der Waals surface area (Å²) < 4.78 is 0. The number of aromatic carboxylic acids is 1. The summed E-state index contributed by atoms with van der Waals surface area (Å²) >= 11 is 5.78. The number of carboxylic acid groups (broad SMARTS) is 1. The van der Waals surface area contributed by atoms with Gasteiger partial charge in [0.1, 0.15) is 11.3 Å². The number of H-pyrrole nitrogens is 1. The molecule has 20 heavy (non-hydrogen) atoms. The molecule has 1 amide bonds. The fourth-order valence-electron chi connectivity index (χ4n) is 1.50. The van der Waals surface area contributed by atoms with Crippen LogP contribution in [0.2, 0.25) is 5.02 Å². The highest BCUT2D eigenvalue weighted by molar-refractivity contribution is 6.34. The monoisotopic (exact) mass is 293 g/mol. The zero-order valence-electron chi connectivity index (χ0n) is 9.88. The Balaban J connectivity index is 2.33. The van der Waals surface area contributed by atoms with Gasteiger partial charge in [-0.3, -0.25) is 9.59 Å². The maximum atomic E-state index is 11.9. The van der Waals surface area contributed by atoms with E-state index in [4.69, 9.17) is 16.7 Å². The molecule has 1 heterocycles. The van der Waals surface area contributed by atoms with Crippen molar-refractivity contribution in [1.82, 2.24) is 10.2 Å². The third-order valence-corrected chi connectivity index (χ3v) is 2.70. The molecule has 0 radical (unpaired) electrons. The topological polar surface area (TPSA) is 112 Å². The van der Waals surface area contributed by atoms with Gasteiger partial charge in [-0.05, 0) is 18.2 Å². The fourth-order valence-corrected chi connectivity index (χ4v) is 1.76. The van der Waals surface area contributed by atoms with E-state index in [0.29, 0.717) is 0 Å². The molecule has 0 aliphatic carbocycles. The predicted octanol–water partition coefficient (Wildman–Crippen LogP) is 1.37. The van der Waals surface area contributed by atoms with Crippen LogP contribution in [0.4, 0.5) is 5.69 Å². The predicted molar refractivity (Wildman–Crippen MR) is 71.2 cm³/mol. The lowest BCUT2D eigenvalue weighted by molar-refractivity contribution is 0.0698. The van der Waals surface area contributed by atoms with E-state index in [1.165, 1.54) is 24.3 Å². The highest BCUT2D eigenvalue weighted by atomic mass is 35.5. The summed E-state index contributed by atoms with van der Waals surface area (Å²) in [5, 5.41) is 17.1. The maximum absolute atomic E-state index is 11.9. The molecule has 0 unspecified atom stereocenters. The number of hydrogen-bond acceptors (Lipinski definition) is 4. The minimum absolute atomic E-state index is 0.00438. The Bertz CT molecular complexity index is 721. The Morgan fingerprint density at radius 3 is 2.60 bits per heavy atom. The molecule has 0 spiro atoms. The number of hydrogen-bond donors (Lipinski definition) is 3. The fraction of sp³-hybridized carbons (Fsp3) is 0. The quantitative estimate of drug-likeness (QED) is 0.791. The lowest BCUT2D eigenvalue weighted by atomic mass is 10.1. The summed E-state index contributed by atoms with van der Waals surface area (Å²) in [5.74, 6) is -1.92. The van der Waals surface area contributed by atoms with E-state index < -0.39 is 17.4 Å². The van der Waals surface area contributed by atoms with Crippen molar-refractivity contribution in [1.29, 1.82) is 0 Å². The molecule has 1 aromatic carbocycles. The molecule has 2 aromatic rings. The van der Waals surface area contributed by atoms with Gasteiger partial charge in [-0.2, -0.15) is 5.10 Å². The number of benzene rings is 1. The van der Waals surface area contributed by atoms with Crippen molar-refractivity contribution < 1.29 is 14.7 Å². The number of anilines is 1. The molecule has 0 atom stereocenters. The Morgan fingerprint density at radius 1 is 1.25 bits per heavy atom. The van der Waals surface area contributed by atoms with Gasteiger partial charge in [0, 0.05) is 6.07 Å². The third-order valence-electron chi connectivity index (χ3n) is 2.39. The number of carbonyl (C=O) groups is 2. The summed E-state index contributed by atoms with van der Waals surface area (Å²) in [6.07, 6.45) is 0. The first-order valence-corrected chi connectivity index (χ1v) is 5.75. The van der Waals surface area contributed by atoms with Crippen molar-refractivity contribution in [3.63, 3.8) is 0 Å². The number of nitrogens with zero attached hydrogens (tertiary/aromatic N) is 1. The third kappa shape index (κ3) is 2.83. The van der Waals surface area contributed by atoms with Gasteiger partial charge in [0.25, 0.3) is 11.5 Å². The van der Waals surface area contributed by atoms with E-state index in [1.807, 2.05) is 0 Å². The van der Waals surface area contributed by atoms with Crippen molar-refractivity contribution in [2.45, 2.75) is 0 Å². The van der Waals surface area contributed by atoms with Gasteiger partial charge in [0.15, 0.2) is 0 Å². The molecule has 2 rings (SSSR count). The van der Waals surface area contributed by atoms with Gasteiger partial charge in [-0.15, -0.1) is 0 Å². The molecule has 3 N–H and O–H groups in total. The van der Waals surface area contributed by atoms with Crippen LogP contribution in [0.5, 0.6) is 0 Å². The van der Waals surface area contributed by atoms with Gasteiger partial charge < -0.3 is 10.4 Å². The average Bonchev–Trinajstić information content (AvgIpc) is 2.39. The Hall–Kier alpha value is -2.67. The van der Waals surface area contributed by atoms with Crippen LogP contribution in [-0.2, 0) is 0 Å². The van der Waals surface area contributed by atoms with Gasteiger partial charge >= 0.3 is 5.97 Å². The van der Waals surface area contributed by atoms with E-state index >= 15 is 0 Å². The summed E-state index contributed by atoms with van der Waals surface area (Å²) in [5.41, 5.74) is -0.675. The maximum Gasteiger partial charge on any atom is 0.339 e. The first-order chi connectivity index (χ1) is 9.49.